The molecule has 0 saturated carbocycles. The van der Waals surface area contributed by atoms with Crippen molar-refractivity contribution in [3.63, 3.8) is 0 Å². The minimum atomic E-state index is -0.465. The molecule has 0 aliphatic carbocycles. The van der Waals surface area contributed by atoms with E-state index in [0.29, 0.717) is 39.1 Å². The molecule has 5 aromatic rings. The summed E-state index contributed by atoms with van der Waals surface area (Å²) in [6, 6.07) is 15.7. The predicted octanol–water partition coefficient (Wildman–Crippen LogP) is 5.40. The van der Waals surface area contributed by atoms with Gasteiger partial charge >= 0.3 is 0 Å². The third-order valence-corrected chi connectivity index (χ3v) is 7.01. The van der Waals surface area contributed by atoms with E-state index in [9.17, 15) is 14.9 Å². The fourth-order valence-corrected chi connectivity index (χ4v) is 5.39. The van der Waals surface area contributed by atoms with Crippen LogP contribution in [-0.2, 0) is 12.3 Å². The van der Waals surface area contributed by atoms with Crippen LogP contribution in [0.15, 0.2) is 74.3 Å². The lowest BCUT2D eigenvalue weighted by atomic mass is 10.1. The number of nitrogens with zero attached hydrogens (tertiary/aromatic N) is 5. The van der Waals surface area contributed by atoms with E-state index in [0.717, 1.165) is 11.1 Å². The van der Waals surface area contributed by atoms with Crippen LogP contribution >= 0.6 is 23.1 Å². The molecule has 0 N–H and O–H groups in total. The number of aromatic nitrogens is 4. The molecule has 0 aliphatic rings. The molecule has 0 unspecified atom stereocenters. The summed E-state index contributed by atoms with van der Waals surface area (Å²) in [5, 5.41) is 22.1. The molecule has 0 atom stereocenters. The molecule has 3 heterocycles. The number of thiophene rings is 1. The molecule has 34 heavy (non-hydrogen) atoms. The number of nitro benzene ring substituents is 1. The smallest absolute Gasteiger partial charge is 0.269 e. The largest absolute Gasteiger partial charge is 0.420 e. The maximum atomic E-state index is 13.3. The summed E-state index contributed by atoms with van der Waals surface area (Å²) < 4.78 is 7.37. The summed E-state index contributed by atoms with van der Waals surface area (Å²) in [6.07, 6.45) is 0. The maximum Gasteiger partial charge on any atom is 0.269 e. The molecule has 0 radical (unpaired) electrons. The van der Waals surface area contributed by atoms with Gasteiger partial charge in [0.1, 0.15) is 4.83 Å². The lowest BCUT2D eigenvalue weighted by molar-refractivity contribution is -0.384. The van der Waals surface area contributed by atoms with Crippen molar-refractivity contribution in [3.8, 4) is 22.6 Å². The molecule has 2 aromatic carbocycles. The molecule has 0 amide bonds. The number of non-ortho nitro benzene ring substituents is 1. The van der Waals surface area contributed by atoms with E-state index in [1.807, 2.05) is 42.6 Å². The van der Waals surface area contributed by atoms with Crippen LogP contribution in [0.25, 0.3) is 32.8 Å². The molecule has 170 valence electrons. The molecule has 0 spiro atoms. The summed E-state index contributed by atoms with van der Waals surface area (Å²) in [5.41, 5.74) is 2.38. The van der Waals surface area contributed by atoms with Crippen LogP contribution in [0.1, 0.15) is 12.8 Å². The Hall–Kier alpha value is -3.83. The molecule has 5 rings (SSSR count). The summed E-state index contributed by atoms with van der Waals surface area (Å²) in [4.78, 5) is 29.1. The number of rotatable bonds is 7. The van der Waals surface area contributed by atoms with Crippen molar-refractivity contribution >= 4 is 39.0 Å². The Morgan fingerprint density at radius 2 is 1.85 bits per heavy atom. The first-order valence-electron chi connectivity index (χ1n) is 10.3. The van der Waals surface area contributed by atoms with E-state index in [1.54, 1.807) is 16.7 Å². The Morgan fingerprint density at radius 1 is 1.09 bits per heavy atom. The molecule has 0 aliphatic heterocycles. The first-order chi connectivity index (χ1) is 16.5. The van der Waals surface area contributed by atoms with Crippen molar-refractivity contribution in [2.45, 2.75) is 24.4 Å². The number of benzene rings is 2. The summed E-state index contributed by atoms with van der Waals surface area (Å²) in [7, 11) is 0. The highest BCUT2D eigenvalue weighted by Gasteiger charge is 2.18. The average molecular weight is 492 g/mol. The number of hydrogen-bond donors (Lipinski definition) is 0. The Balaban J connectivity index is 1.40. The molecule has 11 heteroatoms. The normalized spacial score (nSPS) is 11.2. The van der Waals surface area contributed by atoms with Gasteiger partial charge < -0.3 is 4.42 Å². The van der Waals surface area contributed by atoms with Crippen molar-refractivity contribution < 1.29 is 9.34 Å². The van der Waals surface area contributed by atoms with E-state index >= 15 is 0 Å². The van der Waals surface area contributed by atoms with Gasteiger partial charge in [0.2, 0.25) is 11.8 Å². The van der Waals surface area contributed by atoms with Crippen molar-refractivity contribution in [1.82, 2.24) is 19.7 Å². The van der Waals surface area contributed by atoms with Gasteiger partial charge in [-0.1, -0.05) is 42.1 Å². The van der Waals surface area contributed by atoms with Crippen molar-refractivity contribution in [3.05, 3.63) is 86.3 Å². The van der Waals surface area contributed by atoms with Gasteiger partial charge in [-0.05, 0) is 24.6 Å². The molecule has 9 nitrogen and oxygen atoms in total. The van der Waals surface area contributed by atoms with Crippen LogP contribution in [0.3, 0.4) is 0 Å². The second-order valence-electron chi connectivity index (χ2n) is 7.23. The summed E-state index contributed by atoms with van der Waals surface area (Å²) >= 11 is 2.79. The van der Waals surface area contributed by atoms with Gasteiger partial charge in [0.15, 0.2) is 5.16 Å². The number of thioether (sulfide) groups is 1. The minimum absolute atomic E-state index is 0.0120. The van der Waals surface area contributed by atoms with Gasteiger partial charge in [-0.25, -0.2) is 4.98 Å². The minimum Gasteiger partial charge on any atom is -0.420 e. The molecular formula is C23H17N5O4S2. The fraction of sp³-hybridized carbons (Fsp3) is 0.130. The van der Waals surface area contributed by atoms with Gasteiger partial charge in [-0.3, -0.25) is 19.5 Å². The number of hydrogen-bond acceptors (Lipinski definition) is 9. The van der Waals surface area contributed by atoms with E-state index in [2.05, 4.69) is 10.2 Å². The molecule has 0 bridgehead atoms. The molecule has 0 fully saturated rings. The fourth-order valence-electron chi connectivity index (χ4n) is 3.51. The zero-order valence-electron chi connectivity index (χ0n) is 17.9. The summed E-state index contributed by atoms with van der Waals surface area (Å²) in [5.74, 6) is 0.966. The predicted molar refractivity (Wildman–Crippen MR) is 131 cm³/mol. The van der Waals surface area contributed by atoms with E-state index < -0.39 is 4.92 Å². The van der Waals surface area contributed by atoms with Gasteiger partial charge in [0.05, 0.1) is 16.1 Å². The van der Waals surface area contributed by atoms with Crippen molar-refractivity contribution in [2.24, 2.45) is 0 Å². The van der Waals surface area contributed by atoms with Crippen LogP contribution in [0.4, 0.5) is 5.69 Å². The maximum absolute atomic E-state index is 13.3. The van der Waals surface area contributed by atoms with Crippen LogP contribution in [0, 0.1) is 10.1 Å². The summed E-state index contributed by atoms with van der Waals surface area (Å²) in [6.45, 7) is 2.39. The van der Waals surface area contributed by atoms with Crippen molar-refractivity contribution in [2.75, 3.05) is 0 Å². The highest BCUT2D eigenvalue weighted by molar-refractivity contribution is 7.98. The van der Waals surface area contributed by atoms with Crippen LogP contribution in [0.2, 0.25) is 0 Å². The first kappa shape index (κ1) is 22.0. The van der Waals surface area contributed by atoms with Gasteiger partial charge in [-0.15, -0.1) is 21.5 Å². The Bertz CT molecular complexity index is 1540. The second-order valence-corrected chi connectivity index (χ2v) is 9.03. The average Bonchev–Trinajstić information content (AvgIpc) is 3.51. The SMILES string of the molecule is CCn1c(SCc2nnc(-c3ccc([N+](=O)[O-])cc3)o2)nc2scc(-c3ccccc3)c2c1=O. The van der Waals surface area contributed by atoms with E-state index in [1.165, 1.54) is 35.2 Å². The van der Waals surface area contributed by atoms with Crippen molar-refractivity contribution in [1.29, 1.82) is 0 Å². The molecular weight excluding hydrogens is 474 g/mol. The second kappa shape index (κ2) is 9.20. The third kappa shape index (κ3) is 4.11. The highest BCUT2D eigenvalue weighted by Crippen LogP contribution is 2.32. The number of fused-ring (bicyclic) bond motifs is 1. The van der Waals surface area contributed by atoms with E-state index in [-0.39, 0.29) is 17.1 Å². The standard InChI is InChI=1S/C23H17N5O4S2/c1-2-27-22(29)19-17(14-6-4-3-5-7-14)12-33-21(19)24-23(27)34-13-18-25-26-20(32-18)15-8-10-16(11-9-15)28(30)31/h3-12H,2,13H2,1H3. The monoisotopic (exact) mass is 491 g/mol. The molecule has 3 aromatic heterocycles. The zero-order chi connectivity index (χ0) is 23.7. The van der Waals surface area contributed by atoms with Gasteiger partial charge in [-0.2, -0.15) is 0 Å². The topological polar surface area (TPSA) is 117 Å². The van der Waals surface area contributed by atoms with E-state index in [4.69, 9.17) is 9.40 Å². The third-order valence-electron chi connectivity index (χ3n) is 5.18. The Kier molecular flexibility index (Phi) is 5.95. The number of nitro groups is 1. The molecule has 0 saturated heterocycles. The zero-order valence-corrected chi connectivity index (χ0v) is 19.5. The highest BCUT2D eigenvalue weighted by atomic mass is 32.2. The Labute approximate surface area is 201 Å². The van der Waals surface area contributed by atoms with Gasteiger partial charge in [0.25, 0.3) is 11.2 Å². The quantitative estimate of drug-likeness (QED) is 0.129. The van der Waals surface area contributed by atoms with Crippen LogP contribution < -0.4 is 5.56 Å². The first-order valence-corrected chi connectivity index (χ1v) is 12.2. The lowest BCUT2D eigenvalue weighted by Gasteiger charge is -2.09. The van der Waals surface area contributed by atoms with Crippen LogP contribution in [0.5, 0.6) is 0 Å². The Morgan fingerprint density at radius 3 is 2.56 bits per heavy atom. The lowest BCUT2D eigenvalue weighted by Crippen LogP contribution is -2.22. The van der Waals surface area contributed by atoms with Crippen LogP contribution in [-0.4, -0.2) is 24.7 Å². The van der Waals surface area contributed by atoms with Gasteiger partial charge in [0, 0.05) is 35.2 Å².